The molecule has 1 heteroatoms. The summed E-state index contributed by atoms with van der Waals surface area (Å²) in [7, 11) is 0. The van der Waals surface area contributed by atoms with Gasteiger partial charge in [-0.3, -0.25) is 0 Å². The third-order valence-electron chi connectivity index (χ3n) is 3.35. The molecular weight excluding hydrogens is 158 g/mol. The van der Waals surface area contributed by atoms with Crippen molar-refractivity contribution >= 4 is 0 Å². The van der Waals surface area contributed by atoms with Crippen LogP contribution in [0.4, 0.5) is 0 Å². The maximum atomic E-state index is 3.65. The Kier molecular flexibility index (Phi) is 5.45. The van der Waals surface area contributed by atoms with E-state index in [9.17, 15) is 0 Å². The topological polar surface area (TPSA) is 12.0 Å². The first-order valence-electron chi connectivity index (χ1n) is 6.08. The molecule has 0 saturated heterocycles. The van der Waals surface area contributed by atoms with E-state index in [0.717, 1.165) is 12.0 Å². The lowest BCUT2D eigenvalue weighted by molar-refractivity contribution is 0.281. The van der Waals surface area contributed by atoms with E-state index in [1.54, 1.807) is 0 Å². The number of nitrogens with one attached hydrogen (secondary N) is 1. The van der Waals surface area contributed by atoms with Gasteiger partial charge in [0.05, 0.1) is 0 Å². The number of hydrogen-bond acceptors (Lipinski definition) is 1. The van der Waals surface area contributed by atoms with Crippen molar-refractivity contribution in [3.05, 3.63) is 0 Å². The standard InChI is InChI=1S/C12H25N/c1-3-4-10-13-11(2)12-8-6-5-7-9-12/h11-13H,3-10H2,1-2H3. The Bertz CT molecular complexity index is 116. The van der Waals surface area contributed by atoms with Gasteiger partial charge in [0, 0.05) is 6.04 Å². The second-order valence-corrected chi connectivity index (χ2v) is 4.49. The summed E-state index contributed by atoms with van der Waals surface area (Å²) in [4.78, 5) is 0. The maximum Gasteiger partial charge on any atom is 0.00669 e. The zero-order valence-electron chi connectivity index (χ0n) is 9.31. The highest BCUT2D eigenvalue weighted by Crippen LogP contribution is 2.26. The van der Waals surface area contributed by atoms with Crippen LogP contribution in [0.15, 0.2) is 0 Å². The van der Waals surface area contributed by atoms with Gasteiger partial charge in [-0.15, -0.1) is 0 Å². The predicted octanol–water partition coefficient (Wildman–Crippen LogP) is 3.34. The zero-order valence-corrected chi connectivity index (χ0v) is 9.31. The first-order chi connectivity index (χ1) is 6.34. The third kappa shape index (κ3) is 4.12. The van der Waals surface area contributed by atoms with Gasteiger partial charge in [-0.1, -0.05) is 32.6 Å². The molecule has 1 aliphatic carbocycles. The molecule has 0 heterocycles. The summed E-state index contributed by atoms with van der Waals surface area (Å²) in [5.41, 5.74) is 0. The normalized spacial score (nSPS) is 21.7. The summed E-state index contributed by atoms with van der Waals surface area (Å²) in [5.74, 6) is 0.964. The number of hydrogen-bond donors (Lipinski definition) is 1. The summed E-state index contributed by atoms with van der Waals surface area (Å²) in [6.07, 6.45) is 9.95. The van der Waals surface area contributed by atoms with E-state index >= 15 is 0 Å². The van der Waals surface area contributed by atoms with E-state index in [0.29, 0.717) is 0 Å². The van der Waals surface area contributed by atoms with Crippen LogP contribution in [-0.2, 0) is 0 Å². The SMILES string of the molecule is CCCCNC(C)C1CCCCC1. The van der Waals surface area contributed by atoms with Crippen LogP contribution in [0.1, 0.15) is 58.8 Å². The number of unbranched alkanes of at least 4 members (excludes halogenated alkanes) is 1. The molecule has 1 nitrogen and oxygen atoms in total. The molecule has 13 heavy (non-hydrogen) atoms. The summed E-state index contributed by atoms with van der Waals surface area (Å²) in [6, 6.07) is 0.756. The molecule has 1 N–H and O–H groups in total. The summed E-state index contributed by atoms with van der Waals surface area (Å²) in [6.45, 7) is 5.84. The second kappa shape index (κ2) is 6.42. The Hall–Kier alpha value is -0.0400. The minimum absolute atomic E-state index is 0.756. The maximum absolute atomic E-state index is 3.65. The van der Waals surface area contributed by atoms with Crippen LogP contribution < -0.4 is 5.32 Å². The van der Waals surface area contributed by atoms with E-state index in [1.165, 1.54) is 51.5 Å². The molecule has 0 amide bonds. The van der Waals surface area contributed by atoms with Crippen molar-refractivity contribution in [1.82, 2.24) is 5.32 Å². The van der Waals surface area contributed by atoms with Crippen LogP contribution >= 0.6 is 0 Å². The molecule has 78 valence electrons. The first kappa shape index (κ1) is 11.0. The van der Waals surface area contributed by atoms with Crippen molar-refractivity contribution in [3.63, 3.8) is 0 Å². The highest BCUT2D eigenvalue weighted by molar-refractivity contribution is 4.75. The van der Waals surface area contributed by atoms with Crippen LogP contribution in [-0.4, -0.2) is 12.6 Å². The summed E-state index contributed by atoms with van der Waals surface area (Å²) >= 11 is 0. The highest BCUT2D eigenvalue weighted by Gasteiger charge is 2.18. The third-order valence-corrected chi connectivity index (χ3v) is 3.35. The average Bonchev–Trinajstić information content (AvgIpc) is 2.19. The molecule has 0 spiro atoms. The Morgan fingerprint density at radius 1 is 1.23 bits per heavy atom. The molecule has 0 aromatic carbocycles. The van der Waals surface area contributed by atoms with Gasteiger partial charge >= 0.3 is 0 Å². The molecular formula is C12H25N. The molecule has 1 fully saturated rings. The Labute approximate surface area is 83.3 Å². The largest absolute Gasteiger partial charge is 0.314 e. The van der Waals surface area contributed by atoms with Gasteiger partial charge in [-0.25, -0.2) is 0 Å². The van der Waals surface area contributed by atoms with E-state index < -0.39 is 0 Å². The van der Waals surface area contributed by atoms with Gasteiger partial charge in [0.1, 0.15) is 0 Å². The zero-order chi connectivity index (χ0) is 9.52. The van der Waals surface area contributed by atoms with E-state index in [2.05, 4.69) is 19.2 Å². The van der Waals surface area contributed by atoms with Crippen molar-refractivity contribution < 1.29 is 0 Å². The monoisotopic (exact) mass is 183 g/mol. The molecule has 1 saturated carbocycles. The second-order valence-electron chi connectivity index (χ2n) is 4.49. The lowest BCUT2D eigenvalue weighted by Gasteiger charge is -2.28. The molecule has 1 rings (SSSR count). The fourth-order valence-electron chi connectivity index (χ4n) is 2.31. The fourth-order valence-corrected chi connectivity index (χ4v) is 2.31. The Balaban J connectivity index is 2.09. The van der Waals surface area contributed by atoms with Gasteiger partial charge in [-0.2, -0.15) is 0 Å². The molecule has 0 aromatic heterocycles. The van der Waals surface area contributed by atoms with Crippen LogP contribution in [0.3, 0.4) is 0 Å². The fraction of sp³-hybridized carbons (Fsp3) is 1.00. The lowest BCUT2D eigenvalue weighted by Crippen LogP contribution is -2.35. The quantitative estimate of drug-likeness (QED) is 0.645. The molecule has 1 aliphatic rings. The van der Waals surface area contributed by atoms with Crippen LogP contribution in [0.25, 0.3) is 0 Å². The van der Waals surface area contributed by atoms with Crippen molar-refractivity contribution in [1.29, 1.82) is 0 Å². The molecule has 0 radical (unpaired) electrons. The highest BCUT2D eigenvalue weighted by atomic mass is 14.9. The molecule has 0 aliphatic heterocycles. The van der Waals surface area contributed by atoms with Gasteiger partial charge in [-0.05, 0) is 38.6 Å². The van der Waals surface area contributed by atoms with Crippen molar-refractivity contribution in [3.8, 4) is 0 Å². The van der Waals surface area contributed by atoms with Crippen LogP contribution in [0.5, 0.6) is 0 Å². The van der Waals surface area contributed by atoms with Gasteiger partial charge in [0.25, 0.3) is 0 Å². The van der Waals surface area contributed by atoms with Crippen LogP contribution in [0, 0.1) is 5.92 Å². The van der Waals surface area contributed by atoms with Crippen LogP contribution in [0.2, 0.25) is 0 Å². The number of rotatable bonds is 5. The predicted molar refractivity (Wildman–Crippen MR) is 58.9 cm³/mol. The lowest BCUT2D eigenvalue weighted by atomic mass is 9.84. The minimum Gasteiger partial charge on any atom is -0.314 e. The minimum atomic E-state index is 0.756. The summed E-state index contributed by atoms with van der Waals surface area (Å²) in [5, 5.41) is 3.65. The van der Waals surface area contributed by atoms with Gasteiger partial charge in [0.2, 0.25) is 0 Å². The van der Waals surface area contributed by atoms with Crippen molar-refractivity contribution in [2.75, 3.05) is 6.54 Å². The molecule has 1 atom stereocenters. The van der Waals surface area contributed by atoms with Gasteiger partial charge < -0.3 is 5.32 Å². The van der Waals surface area contributed by atoms with Gasteiger partial charge in [0.15, 0.2) is 0 Å². The van der Waals surface area contributed by atoms with E-state index in [4.69, 9.17) is 0 Å². The smallest absolute Gasteiger partial charge is 0.00669 e. The average molecular weight is 183 g/mol. The summed E-state index contributed by atoms with van der Waals surface area (Å²) < 4.78 is 0. The Morgan fingerprint density at radius 3 is 2.54 bits per heavy atom. The van der Waals surface area contributed by atoms with Crippen molar-refractivity contribution in [2.45, 2.75) is 64.8 Å². The van der Waals surface area contributed by atoms with E-state index in [1.807, 2.05) is 0 Å². The Morgan fingerprint density at radius 2 is 1.92 bits per heavy atom. The first-order valence-corrected chi connectivity index (χ1v) is 6.08. The van der Waals surface area contributed by atoms with E-state index in [-0.39, 0.29) is 0 Å². The molecule has 1 unspecified atom stereocenters. The molecule has 0 bridgehead atoms. The molecule has 0 aromatic rings. The van der Waals surface area contributed by atoms with Crippen molar-refractivity contribution in [2.24, 2.45) is 5.92 Å².